The van der Waals surface area contributed by atoms with Gasteiger partial charge in [-0.3, -0.25) is 4.79 Å². The summed E-state index contributed by atoms with van der Waals surface area (Å²) in [5.41, 5.74) is 3.79. The van der Waals surface area contributed by atoms with Gasteiger partial charge >= 0.3 is 0 Å². The fraction of sp³-hybridized carbons (Fsp3) is 0.379. The van der Waals surface area contributed by atoms with E-state index in [-0.39, 0.29) is 12.5 Å². The Morgan fingerprint density at radius 3 is 2.46 bits per heavy atom. The van der Waals surface area contributed by atoms with E-state index in [1.165, 1.54) is 0 Å². The molecule has 1 aliphatic rings. The van der Waals surface area contributed by atoms with Gasteiger partial charge in [-0.05, 0) is 37.5 Å². The van der Waals surface area contributed by atoms with Crippen molar-refractivity contribution in [3.63, 3.8) is 0 Å². The number of carbonyl (C=O) groups is 1. The number of amides is 1. The van der Waals surface area contributed by atoms with Crippen molar-refractivity contribution in [2.45, 2.75) is 39.7 Å². The van der Waals surface area contributed by atoms with Crippen LogP contribution in [0.5, 0.6) is 0 Å². The van der Waals surface area contributed by atoms with Gasteiger partial charge in [0.2, 0.25) is 5.91 Å². The lowest BCUT2D eigenvalue weighted by Crippen LogP contribution is -2.37. The Labute approximate surface area is 217 Å². The maximum Gasteiger partial charge on any atom is 0.248 e. The predicted molar refractivity (Wildman–Crippen MR) is 145 cm³/mol. The average Bonchev–Trinajstić information content (AvgIpc) is 3.09. The molecule has 1 aliphatic heterocycles. The quantitative estimate of drug-likeness (QED) is 0.360. The Balaban J connectivity index is 1.35. The van der Waals surface area contributed by atoms with Crippen LogP contribution in [0.4, 0.5) is 5.82 Å². The minimum Gasteiger partial charge on any atom is -0.367 e. The summed E-state index contributed by atoms with van der Waals surface area (Å²) in [6.45, 7) is 7.57. The molecule has 8 nitrogen and oxygen atoms in total. The summed E-state index contributed by atoms with van der Waals surface area (Å²) in [6, 6.07) is 20.1. The number of aryl methyl sites for hydroxylation is 2. The van der Waals surface area contributed by atoms with E-state index in [1.807, 2.05) is 77.2 Å². The molecular weight excluding hydrogens is 464 g/mol. The highest BCUT2D eigenvalue weighted by Crippen LogP contribution is 2.30. The molecule has 0 saturated carbocycles. The average molecular weight is 499 g/mol. The first-order valence-electron chi connectivity index (χ1n) is 13.1. The van der Waals surface area contributed by atoms with Gasteiger partial charge in [0.25, 0.3) is 0 Å². The van der Waals surface area contributed by atoms with Crippen molar-refractivity contribution in [2.24, 2.45) is 0 Å². The molecule has 0 unspecified atom stereocenters. The Bertz CT molecular complexity index is 1340. The molecule has 2 aromatic heterocycles. The third-order valence-corrected chi connectivity index (χ3v) is 6.69. The SMILES string of the molecule is CCCc1nc(N2CCCN(C(=O)COCc3ccccc3)CC2)c2c(C)nn(-c3ccccc3)c2n1. The van der Waals surface area contributed by atoms with Crippen LogP contribution < -0.4 is 4.90 Å². The van der Waals surface area contributed by atoms with Crippen LogP contribution in [0.1, 0.15) is 36.8 Å². The number of aromatic nitrogens is 4. The number of rotatable bonds is 8. The van der Waals surface area contributed by atoms with Crippen molar-refractivity contribution in [3.8, 4) is 5.69 Å². The fourth-order valence-electron chi connectivity index (χ4n) is 4.82. The summed E-state index contributed by atoms with van der Waals surface area (Å²) in [7, 11) is 0. The lowest BCUT2D eigenvalue weighted by Gasteiger charge is -2.24. The van der Waals surface area contributed by atoms with E-state index in [0.29, 0.717) is 26.2 Å². The first-order chi connectivity index (χ1) is 18.1. The zero-order chi connectivity index (χ0) is 25.6. The largest absolute Gasteiger partial charge is 0.367 e. The molecule has 0 N–H and O–H groups in total. The predicted octanol–water partition coefficient (Wildman–Crippen LogP) is 4.33. The lowest BCUT2D eigenvalue weighted by atomic mass is 10.2. The van der Waals surface area contributed by atoms with Gasteiger partial charge in [-0.25, -0.2) is 14.6 Å². The van der Waals surface area contributed by atoms with Gasteiger partial charge in [0.05, 0.1) is 23.4 Å². The second-order valence-electron chi connectivity index (χ2n) is 9.44. The molecule has 8 heteroatoms. The van der Waals surface area contributed by atoms with Crippen LogP contribution in [0.15, 0.2) is 60.7 Å². The topological polar surface area (TPSA) is 76.4 Å². The van der Waals surface area contributed by atoms with Gasteiger partial charge in [0, 0.05) is 32.6 Å². The number of ether oxygens (including phenoxy) is 1. The fourth-order valence-corrected chi connectivity index (χ4v) is 4.82. The van der Waals surface area contributed by atoms with Gasteiger partial charge < -0.3 is 14.5 Å². The van der Waals surface area contributed by atoms with Crippen LogP contribution >= 0.6 is 0 Å². The van der Waals surface area contributed by atoms with E-state index in [2.05, 4.69) is 11.8 Å². The Kier molecular flexibility index (Phi) is 7.75. The van der Waals surface area contributed by atoms with Gasteiger partial charge in [-0.2, -0.15) is 5.10 Å². The van der Waals surface area contributed by atoms with Crippen LogP contribution in [0.3, 0.4) is 0 Å². The van der Waals surface area contributed by atoms with Crippen LogP contribution in [0.25, 0.3) is 16.7 Å². The van der Waals surface area contributed by atoms with Gasteiger partial charge in [-0.15, -0.1) is 0 Å². The third-order valence-electron chi connectivity index (χ3n) is 6.69. The van der Waals surface area contributed by atoms with Crippen molar-refractivity contribution in [1.29, 1.82) is 0 Å². The van der Waals surface area contributed by atoms with E-state index in [9.17, 15) is 4.79 Å². The summed E-state index contributed by atoms with van der Waals surface area (Å²) >= 11 is 0. The maximum atomic E-state index is 12.9. The molecule has 0 aliphatic carbocycles. The molecule has 3 heterocycles. The highest BCUT2D eigenvalue weighted by molar-refractivity contribution is 5.91. The zero-order valence-corrected chi connectivity index (χ0v) is 21.6. The van der Waals surface area contributed by atoms with E-state index >= 15 is 0 Å². The lowest BCUT2D eigenvalue weighted by molar-refractivity contribution is -0.136. The molecule has 0 spiro atoms. The van der Waals surface area contributed by atoms with Crippen LogP contribution in [0.2, 0.25) is 0 Å². The van der Waals surface area contributed by atoms with Crippen molar-refractivity contribution in [3.05, 3.63) is 77.7 Å². The Morgan fingerprint density at radius 1 is 0.946 bits per heavy atom. The molecule has 37 heavy (non-hydrogen) atoms. The zero-order valence-electron chi connectivity index (χ0n) is 21.6. The summed E-state index contributed by atoms with van der Waals surface area (Å²) in [4.78, 5) is 27.0. The molecule has 0 bridgehead atoms. The second-order valence-corrected chi connectivity index (χ2v) is 9.44. The molecule has 1 amide bonds. The normalized spacial score (nSPS) is 14.2. The molecule has 1 fully saturated rings. The van der Waals surface area contributed by atoms with E-state index in [1.54, 1.807) is 0 Å². The highest BCUT2D eigenvalue weighted by Gasteiger charge is 2.25. The number of nitrogens with zero attached hydrogens (tertiary/aromatic N) is 6. The van der Waals surface area contributed by atoms with Crippen molar-refractivity contribution in [1.82, 2.24) is 24.6 Å². The summed E-state index contributed by atoms with van der Waals surface area (Å²) in [6.07, 6.45) is 2.64. The number of hydrogen-bond acceptors (Lipinski definition) is 6. The molecular formula is C29H34N6O2. The summed E-state index contributed by atoms with van der Waals surface area (Å²) in [5.74, 6) is 1.78. The molecule has 1 saturated heterocycles. The highest BCUT2D eigenvalue weighted by atomic mass is 16.5. The smallest absolute Gasteiger partial charge is 0.248 e. The van der Waals surface area contributed by atoms with Crippen molar-refractivity contribution >= 4 is 22.8 Å². The van der Waals surface area contributed by atoms with Crippen LogP contribution in [-0.4, -0.2) is 63.3 Å². The van der Waals surface area contributed by atoms with Crippen LogP contribution in [-0.2, 0) is 22.6 Å². The molecule has 0 radical (unpaired) electrons. The van der Waals surface area contributed by atoms with Gasteiger partial charge in [0.15, 0.2) is 5.65 Å². The second kappa shape index (κ2) is 11.5. The van der Waals surface area contributed by atoms with Gasteiger partial charge in [-0.1, -0.05) is 55.5 Å². The van der Waals surface area contributed by atoms with E-state index in [0.717, 1.165) is 65.4 Å². The molecule has 0 atom stereocenters. The summed E-state index contributed by atoms with van der Waals surface area (Å²) < 4.78 is 7.63. The first-order valence-corrected chi connectivity index (χ1v) is 13.1. The van der Waals surface area contributed by atoms with E-state index < -0.39 is 0 Å². The maximum absolute atomic E-state index is 12.9. The molecule has 5 rings (SSSR count). The molecule has 2 aromatic carbocycles. The number of anilines is 1. The minimum absolute atomic E-state index is 0.0327. The first kappa shape index (κ1) is 24.9. The standard InChI is InChI=1S/C29H34N6O2/c1-3-11-25-30-28(27-22(2)32-35(29(27)31-25)24-14-8-5-9-15-24)34-17-10-16-33(18-19-34)26(36)21-37-20-23-12-6-4-7-13-23/h4-9,12-15H,3,10-11,16-21H2,1-2H3. The van der Waals surface area contributed by atoms with Crippen molar-refractivity contribution in [2.75, 3.05) is 37.7 Å². The minimum atomic E-state index is 0.0327. The van der Waals surface area contributed by atoms with Crippen LogP contribution in [0, 0.1) is 6.92 Å². The van der Waals surface area contributed by atoms with Gasteiger partial charge in [0.1, 0.15) is 18.2 Å². The molecule has 4 aromatic rings. The number of hydrogen-bond donors (Lipinski definition) is 0. The monoisotopic (exact) mass is 498 g/mol. The summed E-state index contributed by atoms with van der Waals surface area (Å²) in [5, 5.41) is 5.83. The number of carbonyl (C=O) groups excluding carboxylic acids is 1. The third kappa shape index (κ3) is 5.64. The number of para-hydroxylation sites is 1. The van der Waals surface area contributed by atoms with Crippen molar-refractivity contribution < 1.29 is 9.53 Å². The number of benzene rings is 2. The Hall–Kier alpha value is -3.78. The van der Waals surface area contributed by atoms with E-state index in [4.69, 9.17) is 19.8 Å². The number of fused-ring (bicyclic) bond motifs is 1. The Morgan fingerprint density at radius 2 is 1.70 bits per heavy atom. The molecule has 192 valence electrons.